The van der Waals surface area contributed by atoms with Crippen LogP contribution in [0, 0.1) is 0 Å². The summed E-state index contributed by atoms with van der Waals surface area (Å²) in [6.07, 6.45) is 6.86. The normalized spacial score (nSPS) is 11.0. The molecule has 0 saturated carbocycles. The highest BCUT2D eigenvalue weighted by Crippen LogP contribution is 2.28. The van der Waals surface area contributed by atoms with Gasteiger partial charge >= 0.3 is 0 Å². The van der Waals surface area contributed by atoms with Gasteiger partial charge in [0.25, 0.3) is 0 Å². The Bertz CT molecular complexity index is 1340. The lowest BCUT2D eigenvalue weighted by atomic mass is 9.99. The fourth-order valence-corrected chi connectivity index (χ4v) is 3.45. The summed E-state index contributed by atoms with van der Waals surface area (Å²) in [6, 6.07) is 19.0. The molecule has 0 bridgehead atoms. The van der Waals surface area contributed by atoms with Crippen molar-refractivity contribution in [3.8, 4) is 27.9 Å². The van der Waals surface area contributed by atoms with Crippen molar-refractivity contribution in [2.24, 2.45) is 5.73 Å². The first-order chi connectivity index (χ1) is 14.2. The van der Waals surface area contributed by atoms with Gasteiger partial charge in [-0.1, -0.05) is 30.3 Å². The van der Waals surface area contributed by atoms with E-state index in [4.69, 9.17) is 10.2 Å². The number of imidazole rings is 1. The number of primary amides is 1. The van der Waals surface area contributed by atoms with Crippen LogP contribution in [0.2, 0.25) is 0 Å². The largest absolute Gasteiger partial charge is 0.472 e. The predicted molar refractivity (Wildman–Crippen MR) is 111 cm³/mol. The van der Waals surface area contributed by atoms with Gasteiger partial charge in [0.1, 0.15) is 11.8 Å². The molecule has 2 aromatic carbocycles. The van der Waals surface area contributed by atoms with Crippen LogP contribution in [-0.2, 0) is 0 Å². The summed E-state index contributed by atoms with van der Waals surface area (Å²) in [5, 5.41) is 0. The minimum absolute atomic E-state index is 0.451. The van der Waals surface area contributed by atoms with Crippen molar-refractivity contribution in [2.75, 3.05) is 0 Å². The lowest BCUT2D eigenvalue weighted by Gasteiger charge is -2.10. The molecule has 0 fully saturated rings. The van der Waals surface area contributed by atoms with E-state index in [2.05, 4.69) is 9.97 Å². The van der Waals surface area contributed by atoms with Crippen LogP contribution in [0.4, 0.5) is 0 Å². The van der Waals surface area contributed by atoms with E-state index in [0.29, 0.717) is 5.56 Å². The highest BCUT2D eigenvalue weighted by molar-refractivity contribution is 6.00. The zero-order valence-corrected chi connectivity index (χ0v) is 15.3. The van der Waals surface area contributed by atoms with Crippen molar-refractivity contribution in [2.45, 2.75) is 0 Å². The third-order valence-electron chi connectivity index (χ3n) is 4.87. The van der Waals surface area contributed by atoms with Gasteiger partial charge in [-0.3, -0.25) is 9.36 Å². The van der Waals surface area contributed by atoms with E-state index in [1.54, 1.807) is 37.2 Å². The molecule has 5 rings (SSSR count). The minimum atomic E-state index is -0.451. The smallest absolute Gasteiger partial charge is 0.249 e. The van der Waals surface area contributed by atoms with Gasteiger partial charge in [0.2, 0.25) is 5.91 Å². The van der Waals surface area contributed by atoms with E-state index in [-0.39, 0.29) is 0 Å². The maximum absolute atomic E-state index is 11.8. The molecule has 0 atom stereocenters. The first-order valence-corrected chi connectivity index (χ1v) is 9.06. The molecular weight excluding hydrogens is 364 g/mol. The quantitative estimate of drug-likeness (QED) is 0.499. The molecule has 6 nitrogen and oxygen atoms in total. The molecule has 0 aliphatic rings. The van der Waals surface area contributed by atoms with Crippen LogP contribution in [-0.4, -0.2) is 20.4 Å². The number of carbonyl (C=O) groups is 1. The van der Waals surface area contributed by atoms with Gasteiger partial charge in [-0.15, -0.1) is 0 Å². The summed E-state index contributed by atoms with van der Waals surface area (Å²) < 4.78 is 7.07. The van der Waals surface area contributed by atoms with Crippen molar-refractivity contribution in [3.05, 3.63) is 91.3 Å². The van der Waals surface area contributed by atoms with Crippen LogP contribution in [0.5, 0.6) is 0 Å². The number of furan rings is 1. The van der Waals surface area contributed by atoms with Crippen molar-refractivity contribution in [3.63, 3.8) is 0 Å². The summed E-state index contributed by atoms with van der Waals surface area (Å²) in [7, 11) is 0. The second kappa shape index (κ2) is 6.76. The monoisotopic (exact) mass is 380 g/mol. The van der Waals surface area contributed by atoms with Crippen LogP contribution in [0.3, 0.4) is 0 Å². The molecule has 0 radical (unpaired) electrons. The van der Waals surface area contributed by atoms with Crippen LogP contribution >= 0.6 is 0 Å². The summed E-state index contributed by atoms with van der Waals surface area (Å²) in [6.45, 7) is 0. The Hall–Kier alpha value is -4.19. The molecule has 1 amide bonds. The Morgan fingerprint density at radius 3 is 2.66 bits per heavy atom. The molecule has 5 aromatic rings. The second-order valence-electron chi connectivity index (χ2n) is 6.65. The topological polar surface area (TPSA) is 86.9 Å². The zero-order chi connectivity index (χ0) is 19.8. The lowest BCUT2D eigenvalue weighted by Crippen LogP contribution is -2.12. The molecule has 140 valence electrons. The van der Waals surface area contributed by atoms with E-state index in [9.17, 15) is 4.79 Å². The fraction of sp³-hybridized carbons (Fsp3) is 0. The van der Waals surface area contributed by atoms with Crippen LogP contribution in [0.15, 0.2) is 90.1 Å². The maximum Gasteiger partial charge on any atom is 0.249 e. The van der Waals surface area contributed by atoms with Crippen LogP contribution < -0.4 is 5.73 Å². The molecule has 0 spiro atoms. The number of amides is 1. The van der Waals surface area contributed by atoms with Crippen molar-refractivity contribution in [1.29, 1.82) is 0 Å². The molecule has 0 saturated heterocycles. The molecule has 2 N–H and O–H groups in total. The van der Waals surface area contributed by atoms with Crippen molar-refractivity contribution < 1.29 is 9.21 Å². The number of aromatic nitrogens is 3. The van der Waals surface area contributed by atoms with Gasteiger partial charge in [0, 0.05) is 28.6 Å². The number of nitrogens with two attached hydrogens (primary N) is 1. The molecule has 3 heterocycles. The van der Waals surface area contributed by atoms with E-state index >= 15 is 0 Å². The number of rotatable bonds is 4. The minimum Gasteiger partial charge on any atom is -0.472 e. The number of nitrogens with zero attached hydrogens (tertiary/aromatic N) is 3. The Morgan fingerprint density at radius 1 is 0.931 bits per heavy atom. The van der Waals surface area contributed by atoms with Gasteiger partial charge in [0.15, 0.2) is 5.65 Å². The van der Waals surface area contributed by atoms with Gasteiger partial charge in [0.05, 0.1) is 12.5 Å². The van der Waals surface area contributed by atoms with E-state index in [1.165, 1.54) is 0 Å². The van der Waals surface area contributed by atoms with E-state index in [1.807, 2.05) is 53.1 Å². The van der Waals surface area contributed by atoms with Crippen LogP contribution in [0.25, 0.3) is 39.1 Å². The Labute approximate surface area is 166 Å². The number of pyridine rings is 1. The molecule has 0 aliphatic heterocycles. The molecule has 29 heavy (non-hydrogen) atoms. The second-order valence-corrected chi connectivity index (χ2v) is 6.65. The zero-order valence-electron chi connectivity index (χ0n) is 15.3. The maximum atomic E-state index is 11.8. The van der Waals surface area contributed by atoms with Gasteiger partial charge in [-0.05, 0) is 41.5 Å². The van der Waals surface area contributed by atoms with Gasteiger partial charge in [-0.25, -0.2) is 9.97 Å². The third kappa shape index (κ3) is 2.96. The average Bonchev–Trinajstić information content (AvgIpc) is 3.43. The lowest BCUT2D eigenvalue weighted by molar-refractivity contribution is 0.100. The Morgan fingerprint density at radius 2 is 1.83 bits per heavy atom. The van der Waals surface area contributed by atoms with Gasteiger partial charge < -0.3 is 10.2 Å². The fourth-order valence-electron chi connectivity index (χ4n) is 3.45. The Kier molecular flexibility index (Phi) is 3.95. The standard InChI is InChI=1S/C23H16N4O2/c24-22(28)20-7-2-1-6-19(20)15-4-3-5-18(10-15)27-14-26-21-11-17(12-25-23(21)27)16-8-9-29-13-16/h1-14H,(H2,24,28). The third-order valence-corrected chi connectivity index (χ3v) is 4.87. The predicted octanol–water partition coefficient (Wildman–Crippen LogP) is 4.45. The number of hydrogen-bond acceptors (Lipinski definition) is 4. The van der Waals surface area contributed by atoms with Crippen molar-refractivity contribution in [1.82, 2.24) is 14.5 Å². The highest BCUT2D eigenvalue weighted by atomic mass is 16.3. The molecule has 3 aromatic heterocycles. The summed E-state index contributed by atoms with van der Waals surface area (Å²) in [5.41, 5.74) is 12.1. The van der Waals surface area contributed by atoms with E-state index < -0.39 is 5.91 Å². The molecule has 6 heteroatoms. The average molecular weight is 380 g/mol. The number of hydrogen-bond donors (Lipinski definition) is 1. The summed E-state index contributed by atoms with van der Waals surface area (Å²) in [5.74, 6) is -0.451. The van der Waals surface area contributed by atoms with Crippen molar-refractivity contribution >= 4 is 17.1 Å². The SMILES string of the molecule is NC(=O)c1ccccc1-c1cccc(-n2cnc3cc(-c4ccoc4)cnc32)c1. The summed E-state index contributed by atoms with van der Waals surface area (Å²) in [4.78, 5) is 20.9. The van der Waals surface area contributed by atoms with Gasteiger partial charge in [-0.2, -0.15) is 0 Å². The molecule has 0 aliphatic carbocycles. The number of carbonyl (C=O) groups excluding carboxylic acids is 1. The first kappa shape index (κ1) is 16.9. The number of benzene rings is 2. The van der Waals surface area contributed by atoms with Crippen LogP contribution in [0.1, 0.15) is 10.4 Å². The number of fused-ring (bicyclic) bond motifs is 1. The first-order valence-electron chi connectivity index (χ1n) is 9.06. The molecular formula is C23H16N4O2. The van der Waals surface area contributed by atoms with E-state index in [0.717, 1.165) is 39.1 Å². The summed E-state index contributed by atoms with van der Waals surface area (Å²) >= 11 is 0. The highest BCUT2D eigenvalue weighted by Gasteiger charge is 2.12. The Balaban J connectivity index is 1.60. The molecule has 0 unspecified atom stereocenters.